The minimum absolute atomic E-state index is 0.0775. The van der Waals surface area contributed by atoms with Crippen LogP contribution >= 0.6 is 0 Å². The Morgan fingerprint density at radius 2 is 1.81 bits per heavy atom. The smallest absolute Gasteiger partial charge is 0.254 e. The highest BCUT2D eigenvalue weighted by Crippen LogP contribution is 2.40. The first-order valence-corrected chi connectivity index (χ1v) is 14.1. The number of rotatable bonds is 5. The third-order valence-electron chi connectivity index (χ3n) is 8.46. The summed E-state index contributed by atoms with van der Waals surface area (Å²) >= 11 is 0. The van der Waals surface area contributed by atoms with Gasteiger partial charge in [-0.2, -0.15) is 5.26 Å². The summed E-state index contributed by atoms with van der Waals surface area (Å²) in [6.45, 7) is 5.02. The number of piperidine rings is 1. The van der Waals surface area contributed by atoms with E-state index < -0.39 is 17.2 Å². The van der Waals surface area contributed by atoms with Crippen LogP contribution < -0.4 is 5.73 Å². The van der Waals surface area contributed by atoms with Gasteiger partial charge in [0, 0.05) is 34.8 Å². The summed E-state index contributed by atoms with van der Waals surface area (Å²) in [5.41, 5.74) is 8.17. The number of amides is 1. The zero-order valence-electron chi connectivity index (χ0n) is 23.7. The van der Waals surface area contributed by atoms with Crippen LogP contribution in [-0.4, -0.2) is 54.6 Å². The van der Waals surface area contributed by atoms with E-state index >= 15 is 4.39 Å². The molecule has 42 heavy (non-hydrogen) atoms. The van der Waals surface area contributed by atoms with E-state index in [1.54, 1.807) is 51.1 Å². The van der Waals surface area contributed by atoms with E-state index in [1.165, 1.54) is 16.8 Å². The zero-order valence-corrected chi connectivity index (χ0v) is 23.7. The van der Waals surface area contributed by atoms with Gasteiger partial charge in [-0.05, 0) is 93.5 Å². The van der Waals surface area contributed by atoms with Gasteiger partial charge in [0.05, 0.1) is 23.2 Å². The van der Waals surface area contributed by atoms with Gasteiger partial charge >= 0.3 is 0 Å². The normalized spacial score (nSPS) is 20.2. The molecule has 3 atom stereocenters. The van der Waals surface area contributed by atoms with Gasteiger partial charge in [0.2, 0.25) is 0 Å². The quantitative estimate of drug-likeness (QED) is 0.345. The maximum absolute atomic E-state index is 16.2. The topological polar surface area (TPSA) is 121 Å². The molecule has 10 heteroatoms. The molecule has 8 nitrogen and oxygen atoms in total. The fourth-order valence-electron chi connectivity index (χ4n) is 6.61. The maximum atomic E-state index is 16.2. The van der Waals surface area contributed by atoms with Crippen LogP contribution in [0.4, 0.5) is 8.78 Å². The Labute approximate surface area is 242 Å². The highest BCUT2D eigenvalue weighted by atomic mass is 19.1. The number of aliphatic hydroxyl groups is 1. The highest BCUT2D eigenvalue weighted by Gasteiger charge is 2.42. The van der Waals surface area contributed by atoms with E-state index in [-0.39, 0.29) is 41.7 Å². The van der Waals surface area contributed by atoms with Crippen LogP contribution in [0.1, 0.15) is 61.0 Å². The Balaban J connectivity index is 1.50. The Hall–Kier alpha value is -4.20. The number of carbonyl (C=O) groups is 1. The van der Waals surface area contributed by atoms with Gasteiger partial charge in [-0.1, -0.05) is 17.3 Å². The predicted octanol–water partition coefficient (Wildman–Crippen LogP) is 5.09. The first-order valence-electron chi connectivity index (χ1n) is 14.1. The molecule has 0 radical (unpaired) electrons. The largest absolute Gasteiger partial charge is 0.389 e. The molecule has 3 aromatic carbocycles. The lowest BCUT2D eigenvalue weighted by molar-refractivity contribution is 0.0571. The molecule has 3 N–H and O–H groups in total. The highest BCUT2D eigenvalue weighted by molar-refractivity contribution is 5.99. The number of fused-ring (bicyclic) bond motifs is 3. The van der Waals surface area contributed by atoms with Crippen molar-refractivity contribution in [2.24, 2.45) is 5.73 Å². The second kappa shape index (κ2) is 10.3. The standard InChI is InChI=1S/C32H32F2N6O2/c1-17-29(34)26(14-28-30(17)39(38-37-28)16-32(2,3)42)24-9-6-19(10-25(24)18-4-5-20(15-35)27(33)11-18)31(41)40-22-7-8-23(40)13-21(36)12-22/h4-6,9-11,14,21-23,42H,7-8,12-13,16,36H2,1-3H3/t21-,22+,23-. The number of nitrogens with two attached hydrogens (primary N) is 1. The number of aromatic nitrogens is 3. The van der Waals surface area contributed by atoms with Crippen molar-refractivity contribution < 1.29 is 18.7 Å². The van der Waals surface area contributed by atoms with E-state index in [9.17, 15) is 19.6 Å². The van der Waals surface area contributed by atoms with E-state index in [2.05, 4.69) is 10.3 Å². The van der Waals surface area contributed by atoms with E-state index in [4.69, 9.17) is 5.73 Å². The predicted molar refractivity (Wildman–Crippen MR) is 154 cm³/mol. The molecule has 0 aliphatic carbocycles. The molecule has 216 valence electrons. The van der Waals surface area contributed by atoms with Crippen LogP contribution in [0.5, 0.6) is 0 Å². The number of hydrogen-bond acceptors (Lipinski definition) is 6. The minimum Gasteiger partial charge on any atom is -0.389 e. The van der Waals surface area contributed by atoms with Crippen molar-refractivity contribution in [1.82, 2.24) is 19.9 Å². The van der Waals surface area contributed by atoms with Crippen LogP contribution in [0.2, 0.25) is 0 Å². The van der Waals surface area contributed by atoms with Crippen molar-refractivity contribution in [1.29, 1.82) is 5.26 Å². The molecule has 3 heterocycles. The minimum atomic E-state index is -1.09. The van der Waals surface area contributed by atoms with Crippen molar-refractivity contribution in [2.45, 2.75) is 76.7 Å². The number of hydrogen-bond donors (Lipinski definition) is 2. The molecular weight excluding hydrogens is 538 g/mol. The monoisotopic (exact) mass is 570 g/mol. The number of benzene rings is 3. The maximum Gasteiger partial charge on any atom is 0.254 e. The van der Waals surface area contributed by atoms with E-state index in [0.717, 1.165) is 25.7 Å². The van der Waals surface area contributed by atoms with Crippen molar-refractivity contribution >= 4 is 16.9 Å². The average molecular weight is 571 g/mol. The number of nitrogens with zero attached hydrogens (tertiary/aromatic N) is 5. The second-order valence-corrected chi connectivity index (χ2v) is 12.2. The van der Waals surface area contributed by atoms with Crippen molar-refractivity contribution in [3.8, 4) is 28.3 Å². The lowest BCUT2D eigenvalue weighted by Crippen LogP contribution is -2.50. The Morgan fingerprint density at radius 1 is 1.10 bits per heavy atom. The van der Waals surface area contributed by atoms with E-state index in [1.807, 2.05) is 11.0 Å². The summed E-state index contributed by atoms with van der Waals surface area (Å²) in [7, 11) is 0. The summed E-state index contributed by atoms with van der Waals surface area (Å²) in [6.07, 6.45) is 3.34. The summed E-state index contributed by atoms with van der Waals surface area (Å²) in [6, 6.07) is 12.9. The zero-order chi connectivity index (χ0) is 29.9. The Kier molecular flexibility index (Phi) is 6.83. The van der Waals surface area contributed by atoms with Crippen molar-refractivity contribution in [3.05, 3.63) is 70.8 Å². The van der Waals surface area contributed by atoms with Gasteiger partial charge < -0.3 is 15.7 Å². The molecule has 0 unspecified atom stereocenters. The van der Waals surface area contributed by atoms with Crippen LogP contribution in [-0.2, 0) is 6.54 Å². The first kappa shape index (κ1) is 27.9. The summed E-state index contributed by atoms with van der Waals surface area (Å²) in [4.78, 5) is 15.8. The van der Waals surface area contributed by atoms with Gasteiger partial charge in [0.25, 0.3) is 5.91 Å². The molecule has 1 amide bonds. The molecule has 2 aliphatic heterocycles. The van der Waals surface area contributed by atoms with Crippen molar-refractivity contribution in [3.63, 3.8) is 0 Å². The first-order chi connectivity index (χ1) is 19.9. The third kappa shape index (κ3) is 4.82. The van der Waals surface area contributed by atoms with Gasteiger partial charge in [0.1, 0.15) is 23.2 Å². The molecular formula is C32H32F2N6O2. The lowest BCUT2D eigenvalue weighted by Gasteiger charge is -2.38. The van der Waals surface area contributed by atoms with Crippen molar-refractivity contribution in [2.75, 3.05) is 0 Å². The van der Waals surface area contributed by atoms with Gasteiger partial charge in [0.15, 0.2) is 0 Å². The number of halogens is 2. The van der Waals surface area contributed by atoms with Crippen LogP contribution in [0.15, 0.2) is 42.5 Å². The molecule has 6 rings (SSSR count). The molecule has 2 aliphatic rings. The van der Waals surface area contributed by atoms with E-state index in [0.29, 0.717) is 38.9 Å². The number of aryl methyl sites for hydroxylation is 1. The molecule has 2 fully saturated rings. The van der Waals surface area contributed by atoms with Crippen LogP contribution in [0.25, 0.3) is 33.3 Å². The van der Waals surface area contributed by atoms with Gasteiger partial charge in [-0.15, -0.1) is 5.10 Å². The molecule has 4 aromatic rings. The molecule has 1 aromatic heterocycles. The summed E-state index contributed by atoms with van der Waals surface area (Å²) in [5.74, 6) is -1.35. The van der Waals surface area contributed by atoms with Crippen LogP contribution in [0.3, 0.4) is 0 Å². The second-order valence-electron chi connectivity index (χ2n) is 12.2. The number of nitriles is 1. The lowest BCUT2D eigenvalue weighted by atomic mass is 9.90. The van der Waals surface area contributed by atoms with Crippen LogP contribution in [0, 0.1) is 29.9 Å². The summed E-state index contributed by atoms with van der Waals surface area (Å²) < 4.78 is 32.5. The molecule has 2 saturated heterocycles. The fourth-order valence-corrected chi connectivity index (χ4v) is 6.61. The van der Waals surface area contributed by atoms with Gasteiger partial charge in [-0.3, -0.25) is 4.79 Å². The fraction of sp³-hybridized carbons (Fsp3) is 0.375. The average Bonchev–Trinajstić information content (AvgIpc) is 3.46. The Bertz CT molecular complexity index is 1760. The van der Waals surface area contributed by atoms with Gasteiger partial charge in [-0.25, -0.2) is 13.5 Å². The number of carbonyl (C=O) groups excluding carboxylic acids is 1. The molecule has 0 spiro atoms. The summed E-state index contributed by atoms with van der Waals surface area (Å²) in [5, 5.41) is 27.9. The molecule has 0 saturated carbocycles. The third-order valence-corrected chi connectivity index (χ3v) is 8.46. The molecule has 2 bridgehead atoms. The SMILES string of the molecule is Cc1c(F)c(-c2ccc(C(=O)N3[C@@H]4CC[C@H]3C[C@@H](N)C4)cc2-c2ccc(C#N)c(F)c2)cc2nnn(CC(C)(C)O)c12. The Morgan fingerprint density at radius 3 is 2.45 bits per heavy atom.